The van der Waals surface area contributed by atoms with E-state index in [0.717, 1.165) is 19.4 Å². The third-order valence-electron chi connectivity index (χ3n) is 3.11. The standard InChI is InChI=1S/C11H17FN4/c1-11(2)5-4-6-16(11)9-8(12)7-14-10(13-3)15-9/h7H,4-6H2,1-3H3,(H,13,14,15). The Morgan fingerprint density at radius 1 is 1.50 bits per heavy atom. The van der Waals surface area contributed by atoms with Crippen LogP contribution in [0.4, 0.5) is 16.2 Å². The largest absolute Gasteiger partial charge is 0.357 e. The highest BCUT2D eigenvalue weighted by Gasteiger charge is 2.34. The quantitative estimate of drug-likeness (QED) is 0.834. The van der Waals surface area contributed by atoms with Crippen LogP contribution in [0.5, 0.6) is 0 Å². The van der Waals surface area contributed by atoms with Crippen molar-refractivity contribution >= 4 is 11.8 Å². The van der Waals surface area contributed by atoms with Crippen molar-refractivity contribution in [3.63, 3.8) is 0 Å². The predicted molar refractivity (Wildman–Crippen MR) is 62.2 cm³/mol. The Kier molecular flexibility index (Phi) is 2.69. The molecule has 1 N–H and O–H groups in total. The fraction of sp³-hybridized carbons (Fsp3) is 0.636. The second-order valence-corrected chi connectivity index (χ2v) is 4.68. The van der Waals surface area contributed by atoms with Gasteiger partial charge in [0.1, 0.15) is 0 Å². The molecule has 0 aliphatic carbocycles. The first-order valence-corrected chi connectivity index (χ1v) is 5.52. The number of halogens is 1. The fourth-order valence-electron chi connectivity index (χ4n) is 2.17. The van der Waals surface area contributed by atoms with Crippen LogP contribution in [-0.2, 0) is 0 Å². The van der Waals surface area contributed by atoms with Crippen LogP contribution >= 0.6 is 0 Å². The van der Waals surface area contributed by atoms with Crippen LogP contribution in [0.3, 0.4) is 0 Å². The number of hydrogen-bond acceptors (Lipinski definition) is 4. The average Bonchev–Trinajstić information content (AvgIpc) is 2.59. The molecule has 1 aliphatic rings. The van der Waals surface area contributed by atoms with Gasteiger partial charge in [0, 0.05) is 19.1 Å². The molecule has 0 amide bonds. The highest BCUT2D eigenvalue weighted by molar-refractivity contribution is 5.47. The molecule has 0 saturated carbocycles. The third kappa shape index (κ3) is 1.81. The van der Waals surface area contributed by atoms with Gasteiger partial charge in [-0.05, 0) is 26.7 Å². The van der Waals surface area contributed by atoms with Crippen molar-refractivity contribution in [2.24, 2.45) is 0 Å². The molecule has 88 valence electrons. The molecule has 16 heavy (non-hydrogen) atoms. The molecule has 2 heterocycles. The molecule has 0 spiro atoms. The molecule has 2 rings (SSSR count). The molecule has 0 bridgehead atoms. The van der Waals surface area contributed by atoms with Gasteiger partial charge in [0.05, 0.1) is 6.20 Å². The van der Waals surface area contributed by atoms with E-state index < -0.39 is 0 Å². The molecule has 1 aromatic rings. The maximum atomic E-state index is 13.7. The number of aromatic nitrogens is 2. The number of anilines is 2. The number of nitrogens with one attached hydrogen (secondary N) is 1. The van der Waals surface area contributed by atoms with E-state index in [9.17, 15) is 4.39 Å². The van der Waals surface area contributed by atoms with Crippen LogP contribution in [0.15, 0.2) is 6.20 Å². The summed E-state index contributed by atoms with van der Waals surface area (Å²) in [7, 11) is 1.73. The monoisotopic (exact) mass is 224 g/mol. The smallest absolute Gasteiger partial charge is 0.224 e. The molecule has 5 heteroatoms. The Morgan fingerprint density at radius 2 is 2.25 bits per heavy atom. The van der Waals surface area contributed by atoms with Gasteiger partial charge in [-0.25, -0.2) is 9.37 Å². The van der Waals surface area contributed by atoms with E-state index in [1.165, 1.54) is 6.20 Å². The molecule has 0 radical (unpaired) electrons. The van der Waals surface area contributed by atoms with Gasteiger partial charge in [-0.2, -0.15) is 4.98 Å². The maximum Gasteiger partial charge on any atom is 0.224 e. The highest BCUT2D eigenvalue weighted by Crippen LogP contribution is 2.33. The molecular formula is C11H17FN4. The zero-order valence-electron chi connectivity index (χ0n) is 9.92. The van der Waals surface area contributed by atoms with E-state index in [4.69, 9.17) is 0 Å². The van der Waals surface area contributed by atoms with Crippen LogP contribution in [0.2, 0.25) is 0 Å². The summed E-state index contributed by atoms with van der Waals surface area (Å²) in [4.78, 5) is 10.1. The normalized spacial score (nSPS) is 18.9. The van der Waals surface area contributed by atoms with Crippen molar-refractivity contribution in [2.75, 3.05) is 23.8 Å². The number of rotatable bonds is 2. The molecule has 0 aromatic carbocycles. The first-order valence-electron chi connectivity index (χ1n) is 5.52. The lowest BCUT2D eigenvalue weighted by Crippen LogP contribution is -2.39. The van der Waals surface area contributed by atoms with E-state index in [-0.39, 0.29) is 11.4 Å². The van der Waals surface area contributed by atoms with Crippen molar-refractivity contribution < 1.29 is 4.39 Å². The summed E-state index contributed by atoms with van der Waals surface area (Å²) < 4.78 is 13.7. The Balaban J connectivity index is 2.39. The van der Waals surface area contributed by atoms with Crippen molar-refractivity contribution in [3.8, 4) is 0 Å². The molecule has 1 fully saturated rings. The Bertz CT molecular complexity index is 392. The summed E-state index contributed by atoms with van der Waals surface area (Å²) >= 11 is 0. The van der Waals surface area contributed by atoms with Gasteiger partial charge in [0.15, 0.2) is 11.6 Å². The number of nitrogens with zero attached hydrogens (tertiary/aromatic N) is 3. The second-order valence-electron chi connectivity index (χ2n) is 4.68. The van der Waals surface area contributed by atoms with Crippen molar-refractivity contribution in [2.45, 2.75) is 32.2 Å². The summed E-state index contributed by atoms with van der Waals surface area (Å²) in [5.41, 5.74) is -0.0276. The summed E-state index contributed by atoms with van der Waals surface area (Å²) in [6.07, 6.45) is 3.36. The molecule has 1 aromatic heterocycles. The lowest BCUT2D eigenvalue weighted by molar-refractivity contribution is 0.500. The summed E-state index contributed by atoms with van der Waals surface area (Å²) in [6.45, 7) is 5.07. The molecule has 4 nitrogen and oxygen atoms in total. The van der Waals surface area contributed by atoms with Gasteiger partial charge in [-0.3, -0.25) is 0 Å². The van der Waals surface area contributed by atoms with E-state index in [0.29, 0.717) is 11.8 Å². The van der Waals surface area contributed by atoms with E-state index in [1.807, 2.05) is 4.90 Å². The van der Waals surface area contributed by atoms with Crippen LogP contribution in [0.1, 0.15) is 26.7 Å². The molecule has 0 unspecified atom stereocenters. The Labute approximate surface area is 94.9 Å². The second kappa shape index (κ2) is 3.88. The average molecular weight is 224 g/mol. The van der Waals surface area contributed by atoms with E-state index in [1.54, 1.807) is 7.05 Å². The minimum Gasteiger partial charge on any atom is -0.357 e. The zero-order valence-corrected chi connectivity index (χ0v) is 9.92. The lowest BCUT2D eigenvalue weighted by Gasteiger charge is -2.32. The van der Waals surface area contributed by atoms with Gasteiger partial charge >= 0.3 is 0 Å². The van der Waals surface area contributed by atoms with Crippen molar-refractivity contribution in [3.05, 3.63) is 12.0 Å². The van der Waals surface area contributed by atoms with Crippen LogP contribution < -0.4 is 10.2 Å². The fourth-order valence-corrected chi connectivity index (χ4v) is 2.17. The Morgan fingerprint density at radius 3 is 2.81 bits per heavy atom. The molecule has 1 saturated heterocycles. The first-order chi connectivity index (χ1) is 7.54. The van der Waals surface area contributed by atoms with E-state index in [2.05, 4.69) is 29.1 Å². The topological polar surface area (TPSA) is 41.1 Å². The van der Waals surface area contributed by atoms with Crippen LogP contribution in [0.25, 0.3) is 0 Å². The van der Waals surface area contributed by atoms with Gasteiger partial charge < -0.3 is 10.2 Å². The van der Waals surface area contributed by atoms with Crippen LogP contribution in [0, 0.1) is 5.82 Å². The van der Waals surface area contributed by atoms with Crippen LogP contribution in [-0.4, -0.2) is 29.1 Å². The maximum absolute atomic E-state index is 13.7. The van der Waals surface area contributed by atoms with Crippen molar-refractivity contribution in [1.29, 1.82) is 0 Å². The summed E-state index contributed by atoms with van der Waals surface area (Å²) in [5, 5.41) is 2.83. The SMILES string of the molecule is CNc1ncc(F)c(N2CCCC2(C)C)n1. The molecule has 0 atom stereocenters. The Hall–Kier alpha value is -1.39. The predicted octanol–water partition coefficient (Wildman–Crippen LogP) is 2.04. The number of hydrogen-bond donors (Lipinski definition) is 1. The molecule has 1 aliphatic heterocycles. The van der Waals surface area contributed by atoms with E-state index >= 15 is 0 Å². The summed E-state index contributed by atoms with van der Waals surface area (Å²) in [6, 6.07) is 0. The highest BCUT2D eigenvalue weighted by atomic mass is 19.1. The minimum atomic E-state index is -0.353. The first kappa shape index (κ1) is 11.1. The minimum absolute atomic E-state index is 0.0276. The van der Waals surface area contributed by atoms with Gasteiger partial charge in [-0.1, -0.05) is 0 Å². The lowest BCUT2D eigenvalue weighted by atomic mass is 10.0. The van der Waals surface area contributed by atoms with Gasteiger partial charge in [-0.15, -0.1) is 0 Å². The van der Waals surface area contributed by atoms with Crippen molar-refractivity contribution in [1.82, 2.24) is 9.97 Å². The van der Waals surface area contributed by atoms with Gasteiger partial charge in [0.2, 0.25) is 5.95 Å². The summed E-state index contributed by atoms with van der Waals surface area (Å²) in [5.74, 6) is 0.509. The van der Waals surface area contributed by atoms with Gasteiger partial charge in [0.25, 0.3) is 0 Å². The third-order valence-corrected chi connectivity index (χ3v) is 3.11. The zero-order chi connectivity index (χ0) is 11.8. The molecular weight excluding hydrogens is 207 g/mol.